The summed E-state index contributed by atoms with van der Waals surface area (Å²) in [6.45, 7) is 15.6. The van der Waals surface area contributed by atoms with Crippen molar-refractivity contribution in [1.82, 2.24) is 15.6 Å². The third-order valence-corrected chi connectivity index (χ3v) is 7.29. The highest BCUT2D eigenvalue weighted by atomic mass is 32.1. The monoisotopic (exact) mass is 646 g/mol. The molecule has 3 N–H and O–H groups in total. The number of aromatic nitrogens is 1. The number of nitrogens with zero attached hydrogens (tertiary/aromatic N) is 5. The molecule has 4 rings (SSSR count). The van der Waals surface area contributed by atoms with Gasteiger partial charge in [-0.05, 0) is 94.9 Å². The number of nitrogens with one attached hydrogen (secondary N) is 3. The minimum absolute atomic E-state index is 0.0205. The van der Waals surface area contributed by atoms with Gasteiger partial charge in [-0.2, -0.15) is 5.26 Å². The zero-order valence-electron chi connectivity index (χ0n) is 26.2. The summed E-state index contributed by atoms with van der Waals surface area (Å²) in [6, 6.07) is 11.9. The molecule has 46 heavy (non-hydrogen) atoms. The number of carbonyl (C=O) groups excluding carboxylic acids is 3. The Morgan fingerprint density at radius 1 is 1.02 bits per heavy atom. The van der Waals surface area contributed by atoms with Gasteiger partial charge in [0.25, 0.3) is 23.5 Å². The highest BCUT2D eigenvalue weighted by molar-refractivity contribution is 7.81. The Labute approximate surface area is 271 Å². The first-order valence-electron chi connectivity index (χ1n) is 13.8. The number of benzene rings is 2. The average Bonchev–Trinajstić information content (AvgIpc) is 3.18. The third kappa shape index (κ3) is 7.08. The number of carbonyl (C=O) groups is 3. The molecule has 14 heteroatoms. The van der Waals surface area contributed by atoms with Gasteiger partial charge >= 0.3 is 0 Å². The number of rotatable bonds is 6. The van der Waals surface area contributed by atoms with E-state index in [1.807, 2.05) is 6.07 Å². The minimum Gasteiger partial charge on any atom is -0.368 e. The van der Waals surface area contributed by atoms with Gasteiger partial charge in [-0.15, -0.1) is 4.98 Å². The zero-order chi connectivity index (χ0) is 34.6. The van der Waals surface area contributed by atoms with Crippen molar-refractivity contribution in [1.29, 1.82) is 5.26 Å². The number of pyridine rings is 1. The zero-order valence-corrected chi connectivity index (χ0v) is 27.1. The number of aryl methyl sites for hydroxylation is 1. The second kappa shape index (κ2) is 13.7. The summed E-state index contributed by atoms with van der Waals surface area (Å²) >= 11 is 5.55. The summed E-state index contributed by atoms with van der Waals surface area (Å²) in [5.74, 6) is -2.43. The molecule has 3 amide bonds. The molecular formula is C32H32F2N8O3S. The SMILES string of the molecule is CNC(=O)c1ccc(NC(C)(C)C#N)cc1F.[C-]#[N+]c1ncc(N2C(=O)C(C)(C)N(c3ccc(C(=O)NC)c(F)c3)C2=S)cc1C. The second-order valence-corrected chi connectivity index (χ2v) is 11.5. The summed E-state index contributed by atoms with van der Waals surface area (Å²) in [4.78, 5) is 46.4. The Morgan fingerprint density at radius 2 is 1.59 bits per heavy atom. The molecule has 1 aliphatic rings. The molecule has 1 aliphatic heterocycles. The van der Waals surface area contributed by atoms with Gasteiger partial charge in [0.05, 0.1) is 22.9 Å². The first kappa shape index (κ1) is 35.0. The minimum atomic E-state index is -1.09. The number of nitriles is 1. The number of hydrogen-bond acceptors (Lipinski definition) is 7. The molecule has 0 spiro atoms. The lowest BCUT2D eigenvalue weighted by Crippen LogP contribution is -2.44. The predicted molar refractivity (Wildman–Crippen MR) is 175 cm³/mol. The maximum absolute atomic E-state index is 14.5. The molecule has 11 nitrogen and oxygen atoms in total. The first-order valence-corrected chi connectivity index (χ1v) is 14.2. The van der Waals surface area contributed by atoms with Crippen LogP contribution in [0.2, 0.25) is 0 Å². The molecule has 0 atom stereocenters. The fourth-order valence-corrected chi connectivity index (χ4v) is 5.03. The Morgan fingerprint density at radius 3 is 2.07 bits per heavy atom. The van der Waals surface area contributed by atoms with Crippen LogP contribution in [0.5, 0.6) is 0 Å². The maximum Gasteiger partial charge on any atom is 0.272 e. The maximum atomic E-state index is 14.5. The Balaban J connectivity index is 0.000000289. The second-order valence-electron chi connectivity index (χ2n) is 11.1. The van der Waals surface area contributed by atoms with Gasteiger partial charge in [-0.25, -0.2) is 8.78 Å². The molecule has 0 unspecified atom stereocenters. The van der Waals surface area contributed by atoms with E-state index in [0.29, 0.717) is 22.6 Å². The molecule has 2 heterocycles. The summed E-state index contributed by atoms with van der Waals surface area (Å²) in [5, 5.41) is 16.6. The van der Waals surface area contributed by atoms with Crippen molar-refractivity contribution in [2.75, 3.05) is 29.2 Å². The van der Waals surface area contributed by atoms with Crippen LogP contribution >= 0.6 is 12.2 Å². The molecule has 0 radical (unpaired) electrons. The lowest BCUT2D eigenvalue weighted by Gasteiger charge is -2.29. The Hall–Kier alpha value is -5.47. The molecule has 0 bridgehead atoms. The standard InChI is InChI=1S/C20H18FN5O2S.C12H14FN3O/c1-11-8-13(10-24-16(11)22-4)25-18(28)20(2,3)26(19(25)29)12-6-7-14(15(21)9-12)17(27)23-5;1-12(2,7-14)16-8-4-5-9(10(13)6-8)11(17)15-3/h6-10H,1-3,5H3,(H,23,27);4-6,16H,1-3H3,(H,15,17). The van der Waals surface area contributed by atoms with E-state index in [1.165, 1.54) is 49.5 Å². The van der Waals surface area contributed by atoms with E-state index in [9.17, 15) is 23.2 Å². The topological polar surface area (TPSA) is 135 Å². The highest BCUT2D eigenvalue weighted by Gasteiger charge is 2.50. The highest BCUT2D eigenvalue weighted by Crippen LogP contribution is 2.37. The number of hydrogen-bond donors (Lipinski definition) is 3. The van der Waals surface area contributed by atoms with Crippen LogP contribution in [-0.4, -0.2) is 53.0 Å². The number of thiocarbonyl (C=S) groups is 1. The van der Waals surface area contributed by atoms with Crippen LogP contribution in [0, 0.1) is 36.5 Å². The van der Waals surface area contributed by atoms with Crippen LogP contribution < -0.4 is 25.8 Å². The van der Waals surface area contributed by atoms with Crippen LogP contribution in [0.25, 0.3) is 4.85 Å². The van der Waals surface area contributed by atoms with Crippen molar-refractivity contribution >= 4 is 57.9 Å². The molecule has 1 fully saturated rings. The van der Waals surface area contributed by atoms with Crippen LogP contribution in [-0.2, 0) is 4.79 Å². The van der Waals surface area contributed by atoms with Gasteiger partial charge in [0.15, 0.2) is 5.11 Å². The predicted octanol–water partition coefficient (Wildman–Crippen LogP) is 5.26. The number of amides is 3. The van der Waals surface area contributed by atoms with E-state index in [4.69, 9.17) is 24.1 Å². The van der Waals surface area contributed by atoms with Crippen molar-refractivity contribution in [2.45, 2.75) is 45.7 Å². The van der Waals surface area contributed by atoms with Crippen molar-refractivity contribution in [3.63, 3.8) is 0 Å². The molecule has 238 valence electrons. The van der Waals surface area contributed by atoms with E-state index >= 15 is 0 Å². The molecule has 0 saturated carbocycles. The molecule has 1 saturated heterocycles. The van der Waals surface area contributed by atoms with Gasteiger partial charge in [0, 0.05) is 25.5 Å². The van der Waals surface area contributed by atoms with Crippen molar-refractivity contribution in [3.05, 3.63) is 88.4 Å². The van der Waals surface area contributed by atoms with Gasteiger partial charge < -0.3 is 25.7 Å². The lowest BCUT2D eigenvalue weighted by molar-refractivity contribution is -0.120. The molecule has 3 aromatic rings. The van der Waals surface area contributed by atoms with Gasteiger partial charge in [-0.3, -0.25) is 19.3 Å². The smallest absolute Gasteiger partial charge is 0.272 e. The van der Waals surface area contributed by atoms with E-state index in [-0.39, 0.29) is 28.0 Å². The number of halogens is 2. The van der Waals surface area contributed by atoms with Crippen LogP contribution in [0.15, 0.2) is 48.7 Å². The summed E-state index contributed by atoms with van der Waals surface area (Å²) < 4.78 is 28.1. The van der Waals surface area contributed by atoms with Gasteiger partial charge in [0.2, 0.25) is 0 Å². The van der Waals surface area contributed by atoms with Crippen molar-refractivity contribution < 1.29 is 23.2 Å². The molecule has 0 aliphatic carbocycles. The fraction of sp³-hybridized carbons (Fsp3) is 0.281. The van der Waals surface area contributed by atoms with Crippen molar-refractivity contribution in [3.8, 4) is 6.07 Å². The van der Waals surface area contributed by atoms with Crippen LogP contribution in [0.1, 0.15) is 54.0 Å². The summed E-state index contributed by atoms with van der Waals surface area (Å²) in [6.07, 6.45) is 1.42. The van der Waals surface area contributed by atoms with E-state index in [1.54, 1.807) is 57.7 Å². The molecular weight excluding hydrogens is 614 g/mol. The van der Waals surface area contributed by atoms with Gasteiger partial charge in [0.1, 0.15) is 28.9 Å². The normalized spacial score (nSPS) is 13.6. The number of anilines is 3. The van der Waals surface area contributed by atoms with E-state index in [0.717, 1.165) is 0 Å². The quantitative estimate of drug-likeness (QED) is 0.244. The summed E-state index contributed by atoms with van der Waals surface area (Å²) in [7, 11) is 2.85. The van der Waals surface area contributed by atoms with Gasteiger partial charge in [-0.1, -0.05) is 6.57 Å². The Bertz CT molecular complexity index is 1810. The van der Waals surface area contributed by atoms with Crippen LogP contribution in [0.4, 0.5) is 31.7 Å². The largest absolute Gasteiger partial charge is 0.368 e. The average molecular weight is 647 g/mol. The molecule has 2 aromatic carbocycles. The Kier molecular flexibility index (Phi) is 10.4. The van der Waals surface area contributed by atoms with Crippen LogP contribution in [0.3, 0.4) is 0 Å². The third-order valence-electron chi connectivity index (χ3n) is 6.93. The van der Waals surface area contributed by atoms with E-state index in [2.05, 4.69) is 25.8 Å². The summed E-state index contributed by atoms with van der Waals surface area (Å²) in [5.41, 5.74) is -0.145. The fourth-order valence-electron chi connectivity index (χ4n) is 4.51. The van der Waals surface area contributed by atoms with E-state index < -0.39 is 34.5 Å². The molecule has 1 aromatic heterocycles. The lowest BCUT2D eigenvalue weighted by atomic mass is 10.0. The first-order chi connectivity index (χ1) is 21.5. The van der Waals surface area contributed by atoms with Crippen molar-refractivity contribution in [2.24, 2.45) is 0 Å².